The predicted molar refractivity (Wildman–Crippen MR) is 107 cm³/mol. The Morgan fingerprint density at radius 1 is 0.966 bits per heavy atom. The molecule has 0 atom stereocenters. The Bertz CT molecular complexity index is 1020. The van der Waals surface area contributed by atoms with Gasteiger partial charge in [0.05, 0.1) is 19.9 Å². The van der Waals surface area contributed by atoms with Crippen LogP contribution in [0, 0.1) is 0 Å². The summed E-state index contributed by atoms with van der Waals surface area (Å²) < 4.78 is 38.7. The summed E-state index contributed by atoms with van der Waals surface area (Å²) in [6.45, 7) is 0.137. The molecule has 0 unspecified atom stereocenters. The number of carbonyl (C=O) groups is 2. The molecule has 0 aromatic heterocycles. The molecule has 0 spiro atoms. The average molecular weight is 418 g/mol. The van der Waals surface area contributed by atoms with Crippen molar-refractivity contribution in [3.8, 4) is 11.5 Å². The molecule has 1 saturated heterocycles. The second kappa shape index (κ2) is 8.62. The summed E-state index contributed by atoms with van der Waals surface area (Å²) in [5.74, 6) is 0.0928. The Kier molecular flexibility index (Phi) is 6.19. The van der Waals surface area contributed by atoms with Crippen molar-refractivity contribution >= 4 is 27.5 Å². The lowest BCUT2D eigenvalue weighted by Crippen LogP contribution is -2.30. The van der Waals surface area contributed by atoms with E-state index in [4.69, 9.17) is 9.47 Å². The van der Waals surface area contributed by atoms with Gasteiger partial charge >= 0.3 is 0 Å². The molecular formula is C20H22N2O6S. The molecule has 2 amide bonds. The maximum absolute atomic E-state index is 12.9. The molecule has 8 nitrogen and oxygen atoms in total. The van der Waals surface area contributed by atoms with E-state index in [0.29, 0.717) is 12.2 Å². The lowest BCUT2D eigenvalue weighted by Gasteiger charge is -2.17. The van der Waals surface area contributed by atoms with Crippen LogP contribution < -0.4 is 19.1 Å². The Balaban J connectivity index is 1.82. The molecule has 1 heterocycles. The van der Waals surface area contributed by atoms with Crippen LogP contribution in [0.4, 0.5) is 5.69 Å². The fourth-order valence-corrected chi connectivity index (χ4v) is 4.40. The smallest absolute Gasteiger partial charge is 0.244 e. The molecule has 0 saturated carbocycles. The standard InChI is InChI=1S/C20H22N2O6S/c1-27-16-6-4-3-5-14(16)11-12-21-29(25,26)18-13-15(7-8-17(18)28-2)22-19(23)9-10-20(22)24/h3-8,13,21H,9-12H2,1-2H3. The van der Waals surface area contributed by atoms with Crippen LogP contribution in [0.15, 0.2) is 47.4 Å². The van der Waals surface area contributed by atoms with Gasteiger partial charge < -0.3 is 9.47 Å². The Morgan fingerprint density at radius 3 is 2.28 bits per heavy atom. The number of sulfonamides is 1. The first kappa shape index (κ1) is 20.8. The molecule has 2 aromatic carbocycles. The minimum absolute atomic E-state index is 0.115. The van der Waals surface area contributed by atoms with Crippen LogP contribution in [0.25, 0.3) is 0 Å². The number of rotatable bonds is 8. The molecule has 0 radical (unpaired) electrons. The lowest BCUT2D eigenvalue weighted by molar-refractivity contribution is -0.121. The van der Waals surface area contributed by atoms with E-state index < -0.39 is 10.0 Å². The molecule has 1 N–H and O–H groups in total. The first-order valence-electron chi connectivity index (χ1n) is 9.02. The molecule has 9 heteroatoms. The summed E-state index contributed by atoms with van der Waals surface area (Å²) in [7, 11) is -1.03. The van der Waals surface area contributed by atoms with Gasteiger partial charge in [0.15, 0.2) is 0 Å². The maximum atomic E-state index is 12.9. The highest BCUT2D eigenvalue weighted by Crippen LogP contribution is 2.31. The van der Waals surface area contributed by atoms with Gasteiger partial charge in [-0.3, -0.25) is 14.5 Å². The number of amides is 2. The number of para-hydroxylation sites is 1. The second-order valence-electron chi connectivity index (χ2n) is 6.42. The second-order valence-corrected chi connectivity index (χ2v) is 8.15. The SMILES string of the molecule is COc1ccccc1CCNS(=O)(=O)c1cc(N2C(=O)CCC2=O)ccc1OC. The number of nitrogens with zero attached hydrogens (tertiary/aromatic N) is 1. The third kappa shape index (κ3) is 4.41. The number of carbonyl (C=O) groups excluding carboxylic acids is 2. The van der Waals surface area contributed by atoms with Crippen LogP contribution in [-0.2, 0) is 26.0 Å². The molecule has 154 valence electrons. The van der Waals surface area contributed by atoms with Crippen LogP contribution in [0.5, 0.6) is 11.5 Å². The minimum Gasteiger partial charge on any atom is -0.496 e. The first-order valence-corrected chi connectivity index (χ1v) is 10.5. The fraction of sp³-hybridized carbons (Fsp3) is 0.300. The van der Waals surface area contributed by atoms with E-state index in [1.165, 1.54) is 25.3 Å². The van der Waals surface area contributed by atoms with Crippen LogP contribution >= 0.6 is 0 Å². The van der Waals surface area contributed by atoms with E-state index in [9.17, 15) is 18.0 Å². The van der Waals surface area contributed by atoms with Crippen molar-refractivity contribution in [2.24, 2.45) is 0 Å². The average Bonchev–Trinajstić information content (AvgIpc) is 3.06. The first-order chi connectivity index (χ1) is 13.9. The molecular weight excluding hydrogens is 396 g/mol. The summed E-state index contributed by atoms with van der Waals surface area (Å²) in [4.78, 5) is 24.8. The number of hydrogen-bond donors (Lipinski definition) is 1. The lowest BCUT2D eigenvalue weighted by atomic mass is 10.1. The summed E-state index contributed by atoms with van der Waals surface area (Å²) in [5, 5.41) is 0. The summed E-state index contributed by atoms with van der Waals surface area (Å²) in [6, 6.07) is 11.6. The summed E-state index contributed by atoms with van der Waals surface area (Å²) >= 11 is 0. The topological polar surface area (TPSA) is 102 Å². The van der Waals surface area contributed by atoms with Gasteiger partial charge in [0.25, 0.3) is 0 Å². The minimum atomic E-state index is -3.94. The van der Waals surface area contributed by atoms with Crippen LogP contribution in [0.2, 0.25) is 0 Å². The molecule has 1 aliphatic heterocycles. The number of nitrogens with one attached hydrogen (secondary N) is 1. The molecule has 1 aliphatic rings. The van der Waals surface area contributed by atoms with Gasteiger partial charge in [-0.05, 0) is 36.2 Å². The third-order valence-corrected chi connectivity index (χ3v) is 6.11. The highest BCUT2D eigenvalue weighted by Gasteiger charge is 2.32. The molecule has 0 aliphatic carbocycles. The highest BCUT2D eigenvalue weighted by molar-refractivity contribution is 7.89. The zero-order chi connectivity index (χ0) is 21.0. The maximum Gasteiger partial charge on any atom is 0.244 e. The van der Waals surface area contributed by atoms with Crippen LogP contribution in [0.1, 0.15) is 18.4 Å². The number of benzene rings is 2. The number of ether oxygens (including phenoxy) is 2. The number of methoxy groups -OCH3 is 2. The van der Waals surface area contributed by atoms with E-state index in [1.54, 1.807) is 13.2 Å². The fourth-order valence-electron chi connectivity index (χ4n) is 3.19. The van der Waals surface area contributed by atoms with Crippen molar-refractivity contribution in [1.82, 2.24) is 4.72 Å². The van der Waals surface area contributed by atoms with E-state index in [1.807, 2.05) is 18.2 Å². The predicted octanol–water partition coefficient (Wildman–Crippen LogP) is 1.88. The van der Waals surface area contributed by atoms with E-state index in [0.717, 1.165) is 10.5 Å². The van der Waals surface area contributed by atoms with Crippen molar-refractivity contribution < 1.29 is 27.5 Å². The van der Waals surface area contributed by atoms with Gasteiger partial charge in [0.2, 0.25) is 21.8 Å². The van der Waals surface area contributed by atoms with Crippen LogP contribution in [0.3, 0.4) is 0 Å². The van der Waals surface area contributed by atoms with Crippen molar-refractivity contribution in [1.29, 1.82) is 0 Å². The van der Waals surface area contributed by atoms with Gasteiger partial charge in [0, 0.05) is 19.4 Å². The third-order valence-electron chi connectivity index (χ3n) is 4.63. The molecule has 0 bridgehead atoms. The Morgan fingerprint density at radius 2 is 1.62 bits per heavy atom. The summed E-state index contributed by atoms with van der Waals surface area (Å²) in [6.07, 6.45) is 0.655. The molecule has 1 fully saturated rings. The highest BCUT2D eigenvalue weighted by atomic mass is 32.2. The van der Waals surface area contributed by atoms with E-state index >= 15 is 0 Å². The number of imide groups is 1. The van der Waals surface area contributed by atoms with E-state index in [-0.39, 0.29) is 47.5 Å². The molecule has 2 aromatic rings. The van der Waals surface area contributed by atoms with Gasteiger partial charge in [-0.2, -0.15) is 0 Å². The zero-order valence-electron chi connectivity index (χ0n) is 16.2. The van der Waals surface area contributed by atoms with Crippen molar-refractivity contribution in [3.63, 3.8) is 0 Å². The molecule has 3 rings (SSSR count). The number of hydrogen-bond acceptors (Lipinski definition) is 6. The van der Waals surface area contributed by atoms with Crippen molar-refractivity contribution in [3.05, 3.63) is 48.0 Å². The normalized spacial score (nSPS) is 14.3. The van der Waals surface area contributed by atoms with Gasteiger partial charge in [-0.25, -0.2) is 13.1 Å². The van der Waals surface area contributed by atoms with Crippen LogP contribution in [-0.4, -0.2) is 41.0 Å². The Labute approximate surface area is 169 Å². The van der Waals surface area contributed by atoms with Crippen molar-refractivity contribution in [2.45, 2.75) is 24.2 Å². The Hall–Kier alpha value is -2.91. The zero-order valence-corrected chi connectivity index (χ0v) is 17.0. The summed E-state index contributed by atoms with van der Waals surface area (Å²) in [5.41, 5.74) is 1.08. The monoisotopic (exact) mass is 418 g/mol. The van der Waals surface area contributed by atoms with Crippen molar-refractivity contribution in [2.75, 3.05) is 25.7 Å². The van der Waals surface area contributed by atoms with Gasteiger partial charge in [0.1, 0.15) is 16.4 Å². The van der Waals surface area contributed by atoms with E-state index in [2.05, 4.69) is 4.72 Å². The quantitative estimate of drug-likeness (QED) is 0.657. The van der Waals surface area contributed by atoms with Gasteiger partial charge in [-0.1, -0.05) is 18.2 Å². The molecule has 29 heavy (non-hydrogen) atoms. The van der Waals surface area contributed by atoms with Gasteiger partial charge in [-0.15, -0.1) is 0 Å². The number of anilines is 1. The largest absolute Gasteiger partial charge is 0.496 e.